The summed E-state index contributed by atoms with van der Waals surface area (Å²) in [5.41, 5.74) is 0.723. The molecule has 6 nitrogen and oxygen atoms in total. The maximum Gasteiger partial charge on any atom is 0.267 e. The third-order valence-electron chi connectivity index (χ3n) is 4.55. The van der Waals surface area contributed by atoms with E-state index in [9.17, 15) is 9.59 Å². The van der Waals surface area contributed by atoms with Gasteiger partial charge in [0.05, 0.1) is 17.8 Å². The van der Waals surface area contributed by atoms with Crippen molar-refractivity contribution in [2.45, 2.75) is 51.4 Å². The van der Waals surface area contributed by atoms with Crippen LogP contribution in [0.2, 0.25) is 0 Å². The number of nitrogens with zero attached hydrogens (tertiary/aromatic N) is 1. The number of para-hydroxylation sites is 2. The van der Waals surface area contributed by atoms with Crippen LogP contribution in [0.4, 0.5) is 5.69 Å². The standard InChI is InChI=1S/C18H24N2O4/c1-12(15-8-5-11-23-15)19-17(21)9-10-20-14-6-3-4-7-16(14)24-13(2)18(20)22/h3-4,6-7,12-13,15H,5,8-11H2,1-2H3,(H,19,21)/t12-,13+,15-/m1/s1. The Balaban J connectivity index is 1.59. The predicted octanol–water partition coefficient (Wildman–Crippen LogP) is 1.87. The Hall–Kier alpha value is -2.08. The third kappa shape index (κ3) is 3.53. The molecule has 0 spiro atoms. The third-order valence-corrected chi connectivity index (χ3v) is 4.55. The van der Waals surface area contributed by atoms with Gasteiger partial charge in [-0.1, -0.05) is 12.1 Å². The van der Waals surface area contributed by atoms with E-state index in [1.807, 2.05) is 31.2 Å². The van der Waals surface area contributed by atoms with Gasteiger partial charge in [0.25, 0.3) is 5.91 Å². The van der Waals surface area contributed by atoms with Gasteiger partial charge in [-0.05, 0) is 38.8 Å². The van der Waals surface area contributed by atoms with Crippen molar-refractivity contribution >= 4 is 17.5 Å². The van der Waals surface area contributed by atoms with Gasteiger partial charge < -0.3 is 19.7 Å². The molecular weight excluding hydrogens is 308 g/mol. The fourth-order valence-corrected chi connectivity index (χ4v) is 3.22. The van der Waals surface area contributed by atoms with E-state index in [0.717, 1.165) is 25.1 Å². The Labute approximate surface area is 142 Å². The molecule has 24 heavy (non-hydrogen) atoms. The SMILES string of the molecule is C[C@@H]1Oc2ccccc2N(CCC(=O)N[C@H](C)[C@H]2CCCO2)C1=O. The zero-order valence-electron chi connectivity index (χ0n) is 14.2. The second-order valence-electron chi connectivity index (χ2n) is 6.38. The molecule has 1 saturated heterocycles. The topological polar surface area (TPSA) is 67.9 Å². The van der Waals surface area contributed by atoms with E-state index in [-0.39, 0.29) is 30.4 Å². The fraction of sp³-hybridized carbons (Fsp3) is 0.556. The second-order valence-corrected chi connectivity index (χ2v) is 6.38. The van der Waals surface area contributed by atoms with Gasteiger partial charge in [-0.2, -0.15) is 0 Å². The Kier molecular flexibility index (Phi) is 5.04. The average molecular weight is 332 g/mol. The molecule has 0 unspecified atom stereocenters. The van der Waals surface area contributed by atoms with Crippen molar-refractivity contribution in [2.75, 3.05) is 18.1 Å². The Morgan fingerprint density at radius 1 is 1.42 bits per heavy atom. The van der Waals surface area contributed by atoms with Gasteiger partial charge in [0.1, 0.15) is 5.75 Å². The van der Waals surface area contributed by atoms with Crippen LogP contribution in [0.1, 0.15) is 33.1 Å². The zero-order chi connectivity index (χ0) is 17.1. The number of ether oxygens (including phenoxy) is 2. The van der Waals surface area contributed by atoms with Crippen molar-refractivity contribution in [1.29, 1.82) is 0 Å². The number of anilines is 1. The molecule has 0 aromatic heterocycles. The smallest absolute Gasteiger partial charge is 0.267 e. The number of hydrogen-bond donors (Lipinski definition) is 1. The van der Waals surface area contributed by atoms with E-state index in [2.05, 4.69) is 5.32 Å². The number of benzene rings is 1. The van der Waals surface area contributed by atoms with Crippen molar-refractivity contribution in [2.24, 2.45) is 0 Å². The van der Waals surface area contributed by atoms with Crippen molar-refractivity contribution in [3.8, 4) is 5.75 Å². The maximum atomic E-state index is 12.4. The number of fused-ring (bicyclic) bond motifs is 1. The monoisotopic (exact) mass is 332 g/mol. The minimum absolute atomic E-state index is 0.00778. The summed E-state index contributed by atoms with van der Waals surface area (Å²) in [7, 11) is 0. The molecule has 0 aliphatic carbocycles. The summed E-state index contributed by atoms with van der Waals surface area (Å²) in [6.45, 7) is 4.80. The first-order valence-corrected chi connectivity index (χ1v) is 8.54. The van der Waals surface area contributed by atoms with Gasteiger partial charge >= 0.3 is 0 Å². The first-order chi connectivity index (χ1) is 11.6. The lowest BCUT2D eigenvalue weighted by Crippen LogP contribution is -2.47. The second kappa shape index (κ2) is 7.21. The van der Waals surface area contributed by atoms with E-state index in [4.69, 9.17) is 9.47 Å². The molecule has 2 aliphatic rings. The van der Waals surface area contributed by atoms with Crippen LogP contribution in [-0.2, 0) is 14.3 Å². The molecule has 1 aromatic carbocycles. The Morgan fingerprint density at radius 3 is 2.96 bits per heavy atom. The molecule has 2 heterocycles. The van der Waals surface area contributed by atoms with Gasteiger partial charge in [-0.15, -0.1) is 0 Å². The summed E-state index contributed by atoms with van der Waals surface area (Å²) in [5.74, 6) is 0.494. The van der Waals surface area contributed by atoms with Crippen LogP contribution in [0, 0.1) is 0 Å². The molecular formula is C18H24N2O4. The summed E-state index contributed by atoms with van der Waals surface area (Å²) in [4.78, 5) is 26.2. The Bertz CT molecular complexity index is 613. The molecule has 3 rings (SSSR count). The largest absolute Gasteiger partial charge is 0.479 e. The maximum absolute atomic E-state index is 12.4. The molecule has 1 aromatic rings. The molecule has 6 heteroatoms. The molecule has 2 amide bonds. The number of amides is 2. The molecule has 1 fully saturated rings. The molecule has 1 N–H and O–H groups in total. The van der Waals surface area contributed by atoms with Crippen molar-refractivity contribution in [3.05, 3.63) is 24.3 Å². The van der Waals surface area contributed by atoms with Gasteiger partial charge in [0.2, 0.25) is 5.91 Å². The lowest BCUT2D eigenvalue weighted by atomic mass is 10.1. The lowest BCUT2D eigenvalue weighted by molar-refractivity contribution is -0.125. The minimum atomic E-state index is -0.534. The molecule has 0 saturated carbocycles. The number of hydrogen-bond acceptors (Lipinski definition) is 4. The highest BCUT2D eigenvalue weighted by molar-refractivity contribution is 6.00. The number of carbonyl (C=O) groups is 2. The summed E-state index contributed by atoms with van der Waals surface area (Å²) in [6.07, 6.45) is 1.84. The predicted molar refractivity (Wildman–Crippen MR) is 90.1 cm³/mol. The van der Waals surface area contributed by atoms with Crippen molar-refractivity contribution in [3.63, 3.8) is 0 Å². The first-order valence-electron chi connectivity index (χ1n) is 8.54. The number of carbonyl (C=O) groups excluding carboxylic acids is 2. The van der Waals surface area contributed by atoms with Crippen LogP contribution < -0.4 is 15.0 Å². The number of nitrogens with one attached hydrogen (secondary N) is 1. The van der Waals surface area contributed by atoms with Crippen LogP contribution in [0.5, 0.6) is 5.75 Å². The fourth-order valence-electron chi connectivity index (χ4n) is 3.22. The molecule has 3 atom stereocenters. The zero-order valence-corrected chi connectivity index (χ0v) is 14.2. The van der Waals surface area contributed by atoms with Crippen LogP contribution in [0.3, 0.4) is 0 Å². The van der Waals surface area contributed by atoms with E-state index >= 15 is 0 Å². The van der Waals surface area contributed by atoms with E-state index in [1.54, 1.807) is 11.8 Å². The highest BCUT2D eigenvalue weighted by atomic mass is 16.5. The van der Waals surface area contributed by atoms with E-state index in [0.29, 0.717) is 12.3 Å². The van der Waals surface area contributed by atoms with Crippen LogP contribution in [0.25, 0.3) is 0 Å². The van der Waals surface area contributed by atoms with Crippen molar-refractivity contribution < 1.29 is 19.1 Å². The number of rotatable bonds is 5. The summed E-state index contributed by atoms with van der Waals surface area (Å²) >= 11 is 0. The van der Waals surface area contributed by atoms with Gasteiger partial charge in [-0.3, -0.25) is 9.59 Å². The van der Waals surface area contributed by atoms with Gasteiger partial charge in [0.15, 0.2) is 6.10 Å². The molecule has 130 valence electrons. The normalized spacial score (nSPS) is 24.2. The summed E-state index contributed by atoms with van der Waals surface area (Å²) in [5, 5.41) is 2.98. The quantitative estimate of drug-likeness (QED) is 0.894. The molecule has 0 radical (unpaired) electrons. The Morgan fingerprint density at radius 2 is 2.21 bits per heavy atom. The highest BCUT2D eigenvalue weighted by Gasteiger charge is 2.31. The summed E-state index contributed by atoms with van der Waals surface area (Å²) < 4.78 is 11.2. The van der Waals surface area contributed by atoms with E-state index in [1.165, 1.54) is 0 Å². The van der Waals surface area contributed by atoms with Crippen LogP contribution in [0.15, 0.2) is 24.3 Å². The van der Waals surface area contributed by atoms with Crippen LogP contribution in [-0.4, -0.2) is 43.2 Å². The summed E-state index contributed by atoms with van der Waals surface area (Å²) in [6, 6.07) is 7.40. The van der Waals surface area contributed by atoms with Crippen LogP contribution >= 0.6 is 0 Å². The molecule has 0 bridgehead atoms. The first kappa shape index (κ1) is 16.8. The lowest BCUT2D eigenvalue weighted by Gasteiger charge is -2.33. The van der Waals surface area contributed by atoms with E-state index < -0.39 is 6.10 Å². The highest BCUT2D eigenvalue weighted by Crippen LogP contribution is 2.33. The van der Waals surface area contributed by atoms with Gasteiger partial charge in [-0.25, -0.2) is 0 Å². The van der Waals surface area contributed by atoms with Crippen molar-refractivity contribution in [1.82, 2.24) is 5.32 Å². The average Bonchev–Trinajstić information content (AvgIpc) is 3.10. The van der Waals surface area contributed by atoms with Gasteiger partial charge in [0, 0.05) is 19.6 Å². The minimum Gasteiger partial charge on any atom is -0.479 e. The molecule has 2 aliphatic heterocycles.